The first-order valence-corrected chi connectivity index (χ1v) is 7.86. The summed E-state index contributed by atoms with van der Waals surface area (Å²) in [6, 6.07) is 7.00. The molecule has 6 heteroatoms. The number of nitro groups is 1. The number of nitrogens with zero attached hydrogens (tertiary/aromatic N) is 2. The second-order valence-corrected chi connectivity index (χ2v) is 5.87. The summed E-state index contributed by atoms with van der Waals surface area (Å²) in [5, 5.41) is 14.4. The second-order valence-electron chi connectivity index (χ2n) is 4.94. The fraction of sp³-hybridized carbons (Fsp3) is 0.400. The first-order valence-electron chi connectivity index (χ1n) is 6.98. The van der Waals surface area contributed by atoms with E-state index in [9.17, 15) is 10.1 Å². The van der Waals surface area contributed by atoms with Crippen LogP contribution in [0.3, 0.4) is 0 Å². The molecular weight excluding hydrogens is 286 g/mol. The monoisotopic (exact) mass is 305 g/mol. The molecule has 1 aromatic carbocycles. The van der Waals surface area contributed by atoms with Crippen LogP contribution in [0.1, 0.15) is 41.9 Å². The standard InChI is InChI=1S/C15H19N3O2S/c1-3-5-14(16-9-15-11(2)17-10-21-15)12-6-4-7-13(8-12)18(19)20/h4,6-8,10,14,16H,3,5,9H2,1-2H3. The van der Waals surface area contributed by atoms with Gasteiger partial charge >= 0.3 is 0 Å². The van der Waals surface area contributed by atoms with E-state index in [0.29, 0.717) is 0 Å². The van der Waals surface area contributed by atoms with Crippen LogP contribution < -0.4 is 5.32 Å². The average molecular weight is 305 g/mol. The number of benzene rings is 1. The van der Waals surface area contributed by atoms with E-state index in [0.717, 1.165) is 30.6 Å². The Balaban J connectivity index is 2.12. The maximum Gasteiger partial charge on any atom is 0.269 e. The third kappa shape index (κ3) is 4.09. The van der Waals surface area contributed by atoms with Gasteiger partial charge in [0, 0.05) is 29.6 Å². The predicted octanol–water partition coefficient (Wildman–Crippen LogP) is 3.99. The Kier molecular flexibility index (Phi) is 5.41. The Morgan fingerprint density at radius 2 is 2.29 bits per heavy atom. The minimum absolute atomic E-state index is 0.122. The van der Waals surface area contributed by atoms with Crippen LogP contribution in [-0.2, 0) is 6.54 Å². The summed E-state index contributed by atoms with van der Waals surface area (Å²) in [6.45, 7) is 4.85. The van der Waals surface area contributed by atoms with Crippen molar-refractivity contribution in [2.24, 2.45) is 0 Å². The summed E-state index contributed by atoms with van der Waals surface area (Å²) in [5.41, 5.74) is 3.99. The molecule has 112 valence electrons. The van der Waals surface area contributed by atoms with Crippen LogP contribution in [0.25, 0.3) is 0 Å². The van der Waals surface area contributed by atoms with Gasteiger partial charge in [-0.25, -0.2) is 4.98 Å². The molecule has 0 saturated heterocycles. The Morgan fingerprint density at radius 3 is 2.90 bits per heavy atom. The number of thiazole rings is 1. The highest BCUT2D eigenvalue weighted by Gasteiger charge is 2.14. The molecule has 21 heavy (non-hydrogen) atoms. The van der Waals surface area contributed by atoms with E-state index >= 15 is 0 Å². The van der Waals surface area contributed by atoms with E-state index in [4.69, 9.17) is 0 Å². The number of aryl methyl sites for hydroxylation is 1. The summed E-state index contributed by atoms with van der Waals surface area (Å²) in [5.74, 6) is 0. The maximum atomic E-state index is 10.9. The third-order valence-corrected chi connectivity index (χ3v) is 4.35. The molecule has 2 rings (SSSR count). The van der Waals surface area contributed by atoms with Crippen molar-refractivity contribution in [1.82, 2.24) is 10.3 Å². The molecule has 0 aliphatic rings. The fourth-order valence-electron chi connectivity index (χ4n) is 2.24. The molecule has 1 atom stereocenters. The first-order chi connectivity index (χ1) is 10.1. The smallest absolute Gasteiger partial charge is 0.269 e. The number of hydrogen-bond acceptors (Lipinski definition) is 5. The van der Waals surface area contributed by atoms with Crippen molar-refractivity contribution in [3.63, 3.8) is 0 Å². The maximum absolute atomic E-state index is 10.9. The van der Waals surface area contributed by atoms with Gasteiger partial charge in [-0.1, -0.05) is 25.5 Å². The molecule has 1 unspecified atom stereocenters. The molecule has 0 aliphatic carbocycles. The van der Waals surface area contributed by atoms with E-state index in [2.05, 4.69) is 17.2 Å². The number of hydrogen-bond donors (Lipinski definition) is 1. The largest absolute Gasteiger partial charge is 0.305 e. The molecule has 1 heterocycles. The van der Waals surface area contributed by atoms with Gasteiger partial charge in [-0.2, -0.15) is 0 Å². The first kappa shape index (κ1) is 15.6. The van der Waals surface area contributed by atoms with Gasteiger partial charge in [0.05, 0.1) is 16.1 Å². The van der Waals surface area contributed by atoms with E-state index in [-0.39, 0.29) is 16.7 Å². The zero-order chi connectivity index (χ0) is 15.2. The van der Waals surface area contributed by atoms with Crippen LogP contribution in [0.2, 0.25) is 0 Å². The van der Waals surface area contributed by atoms with Crippen LogP contribution in [0.4, 0.5) is 5.69 Å². The van der Waals surface area contributed by atoms with Crippen LogP contribution in [0, 0.1) is 17.0 Å². The molecule has 0 aliphatic heterocycles. The Hall–Kier alpha value is -1.79. The van der Waals surface area contributed by atoms with Gasteiger partial charge in [-0.05, 0) is 18.9 Å². The molecule has 1 aromatic heterocycles. The minimum atomic E-state index is -0.347. The van der Waals surface area contributed by atoms with Crippen molar-refractivity contribution in [2.45, 2.75) is 39.3 Å². The summed E-state index contributed by atoms with van der Waals surface area (Å²) in [7, 11) is 0. The highest BCUT2D eigenvalue weighted by atomic mass is 32.1. The summed E-state index contributed by atoms with van der Waals surface area (Å²) >= 11 is 1.63. The zero-order valence-corrected chi connectivity index (χ0v) is 13.0. The summed E-state index contributed by atoms with van der Waals surface area (Å²) in [4.78, 5) is 16.0. The third-order valence-electron chi connectivity index (χ3n) is 3.41. The Morgan fingerprint density at radius 1 is 1.48 bits per heavy atom. The van der Waals surface area contributed by atoms with Crippen LogP contribution >= 0.6 is 11.3 Å². The normalized spacial score (nSPS) is 12.3. The lowest BCUT2D eigenvalue weighted by Gasteiger charge is -2.18. The van der Waals surface area contributed by atoms with Crippen molar-refractivity contribution in [3.8, 4) is 0 Å². The fourth-order valence-corrected chi connectivity index (χ4v) is 2.97. The van der Waals surface area contributed by atoms with Gasteiger partial charge in [-0.15, -0.1) is 11.3 Å². The van der Waals surface area contributed by atoms with Crippen LogP contribution in [0.15, 0.2) is 29.8 Å². The van der Waals surface area contributed by atoms with Gasteiger partial charge in [0.2, 0.25) is 0 Å². The molecule has 5 nitrogen and oxygen atoms in total. The van der Waals surface area contributed by atoms with E-state index in [1.54, 1.807) is 23.5 Å². The van der Waals surface area contributed by atoms with Crippen LogP contribution in [0.5, 0.6) is 0 Å². The lowest BCUT2D eigenvalue weighted by molar-refractivity contribution is -0.384. The molecule has 0 spiro atoms. The number of rotatable bonds is 7. The van der Waals surface area contributed by atoms with E-state index < -0.39 is 0 Å². The highest BCUT2D eigenvalue weighted by Crippen LogP contribution is 2.24. The lowest BCUT2D eigenvalue weighted by atomic mass is 10.0. The molecule has 0 radical (unpaired) electrons. The van der Waals surface area contributed by atoms with Gasteiger partial charge in [0.15, 0.2) is 0 Å². The van der Waals surface area contributed by atoms with Gasteiger partial charge in [-0.3, -0.25) is 10.1 Å². The number of aromatic nitrogens is 1. The number of nitro benzene ring substituents is 1. The lowest BCUT2D eigenvalue weighted by Crippen LogP contribution is -2.20. The highest BCUT2D eigenvalue weighted by molar-refractivity contribution is 7.09. The van der Waals surface area contributed by atoms with Crippen molar-refractivity contribution in [1.29, 1.82) is 0 Å². The number of nitrogens with one attached hydrogen (secondary N) is 1. The van der Waals surface area contributed by atoms with Crippen molar-refractivity contribution >= 4 is 17.0 Å². The van der Waals surface area contributed by atoms with Crippen molar-refractivity contribution < 1.29 is 4.92 Å². The Labute approximate surface area is 128 Å². The molecule has 0 amide bonds. The van der Waals surface area contributed by atoms with Gasteiger partial charge < -0.3 is 5.32 Å². The second kappa shape index (κ2) is 7.28. The predicted molar refractivity (Wildman–Crippen MR) is 84.4 cm³/mol. The SMILES string of the molecule is CCCC(NCc1scnc1C)c1cccc([N+](=O)[O-])c1. The van der Waals surface area contributed by atoms with Gasteiger partial charge in [0.1, 0.15) is 0 Å². The van der Waals surface area contributed by atoms with Crippen LogP contribution in [-0.4, -0.2) is 9.91 Å². The van der Waals surface area contributed by atoms with E-state index in [1.807, 2.05) is 18.5 Å². The quantitative estimate of drug-likeness (QED) is 0.620. The average Bonchev–Trinajstić information content (AvgIpc) is 2.89. The van der Waals surface area contributed by atoms with Crippen molar-refractivity contribution in [2.75, 3.05) is 0 Å². The minimum Gasteiger partial charge on any atom is -0.305 e. The summed E-state index contributed by atoms with van der Waals surface area (Å²) in [6.07, 6.45) is 1.96. The zero-order valence-electron chi connectivity index (χ0n) is 12.2. The molecule has 0 bridgehead atoms. The molecule has 2 aromatic rings. The molecular formula is C15H19N3O2S. The molecule has 0 fully saturated rings. The van der Waals surface area contributed by atoms with Gasteiger partial charge in [0.25, 0.3) is 5.69 Å². The molecule has 0 saturated carbocycles. The molecule has 1 N–H and O–H groups in total. The van der Waals surface area contributed by atoms with Crippen molar-refractivity contribution in [3.05, 3.63) is 56.0 Å². The topological polar surface area (TPSA) is 68.1 Å². The Bertz CT molecular complexity index is 612. The summed E-state index contributed by atoms with van der Waals surface area (Å²) < 4.78 is 0. The number of non-ortho nitro benzene ring substituents is 1. The van der Waals surface area contributed by atoms with E-state index in [1.165, 1.54) is 10.9 Å².